The van der Waals surface area contributed by atoms with Crippen molar-refractivity contribution in [2.24, 2.45) is 0 Å². The van der Waals surface area contributed by atoms with E-state index in [0.717, 1.165) is 12.8 Å². The summed E-state index contributed by atoms with van der Waals surface area (Å²) < 4.78 is 16.2. The van der Waals surface area contributed by atoms with Gasteiger partial charge in [-0.1, -0.05) is 76.2 Å². The van der Waals surface area contributed by atoms with Gasteiger partial charge in [-0.15, -0.1) is 5.10 Å². The Morgan fingerprint density at radius 1 is 0.923 bits per heavy atom. The first-order valence-electron chi connectivity index (χ1n) is 14.4. The van der Waals surface area contributed by atoms with Crippen molar-refractivity contribution < 1.29 is 23.5 Å². The molecule has 0 radical (unpaired) electrons. The number of esters is 1. The first-order chi connectivity index (χ1) is 19.0. The highest BCUT2D eigenvalue weighted by atomic mass is 16.5. The minimum absolute atomic E-state index is 0.187. The highest BCUT2D eigenvalue weighted by Crippen LogP contribution is 2.26. The Balaban J connectivity index is 1.35. The van der Waals surface area contributed by atoms with Crippen molar-refractivity contribution in [3.05, 3.63) is 29.8 Å². The molecule has 0 spiro atoms. The highest BCUT2D eigenvalue weighted by molar-refractivity contribution is 5.89. The third-order valence-corrected chi connectivity index (χ3v) is 7.19. The van der Waals surface area contributed by atoms with Crippen LogP contribution in [0.4, 0.5) is 10.8 Å². The molecule has 2 aromatic rings. The number of nitrogens with one attached hydrogen (secondary N) is 2. The van der Waals surface area contributed by atoms with E-state index >= 15 is 0 Å². The quantitative estimate of drug-likeness (QED) is 0.203. The lowest BCUT2D eigenvalue weighted by molar-refractivity contribution is 0.0600. The van der Waals surface area contributed by atoms with E-state index in [-0.39, 0.29) is 18.2 Å². The normalized spacial score (nSPS) is 16.8. The van der Waals surface area contributed by atoms with Gasteiger partial charge in [0.1, 0.15) is 0 Å². The fourth-order valence-corrected chi connectivity index (χ4v) is 4.84. The zero-order valence-corrected chi connectivity index (χ0v) is 23.7. The van der Waals surface area contributed by atoms with Crippen molar-refractivity contribution in [2.45, 2.75) is 89.7 Å². The fourth-order valence-electron chi connectivity index (χ4n) is 4.84. The van der Waals surface area contributed by atoms with Crippen molar-refractivity contribution in [1.82, 2.24) is 20.8 Å². The van der Waals surface area contributed by atoms with Gasteiger partial charge in [0, 0.05) is 25.8 Å². The SMILES string of the molecule is CCCCCCCCCCCCCNC(=O)N[C@H]1CN(c2nnc(-c3ccc(C(=O)OC)cc3)o2)C[C@@H]1OC. The number of aromatic nitrogens is 2. The van der Waals surface area contributed by atoms with Crippen LogP contribution in [0.15, 0.2) is 28.7 Å². The molecule has 39 heavy (non-hydrogen) atoms. The minimum atomic E-state index is -0.406. The van der Waals surface area contributed by atoms with Crippen LogP contribution in [0.25, 0.3) is 11.5 Å². The molecule has 1 aromatic heterocycles. The number of ether oxygens (including phenoxy) is 2. The van der Waals surface area contributed by atoms with Gasteiger partial charge in [0.2, 0.25) is 5.89 Å². The maximum absolute atomic E-state index is 12.5. The lowest BCUT2D eigenvalue weighted by atomic mass is 10.1. The summed E-state index contributed by atoms with van der Waals surface area (Å²) in [6.07, 6.45) is 13.9. The molecule has 1 aliphatic heterocycles. The van der Waals surface area contributed by atoms with Gasteiger partial charge in [-0.25, -0.2) is 9.59 Å². The van der Waals surface area contributed by atoms with Gasteiger partial charge in [-0.2, -0.15) is 0 Å². The Morgan fingerprint density at radius 2 is 1.56 bits per heavy atom. The number of unbranched alkanes of at least 4 members (excludes halogenated alkanes) is 10. The minimum Gasteiger partial charge on any atom is -0.465 e. The van der Waals surface area contributed by atoms with Gasteiger partial charge in [0.15, 0.2) is 0 Å². The topological polar surface area (TPSA) is 119 Å². The van der Waals surface area contributed by atoms with E-state index < -0.39 is 5.97 Å². The molecule has 2 amide bonds. The molecule has 2 heterocycles. The van der Waals surface area contributed by atoms with E-state index in [4.69, 9.17) is 13.9 Å². The van der Waals surface area contributed by atoms with E-state index in [9.17, 15) is 9.59 Å². The van der Waals surface area contributed by atoms with E-state index in [1.54, 1.807) is 31.4 Å². The smallest absolute Gasteiger partial charge is 0.337 e. The summed E-state index contributed by atoms with van der Waals surface area (Å²) in [4.78, 5) is 26.0. The van der Waals surface area contributed by atoms with Gasteiger partial charge in [-0.3, -0.25) is 0 Å². The zero-order chi connectivity index (χ0) is 27.9. The second-order valence-electron chi connectivity index (χ2n) is 10.2. The molecular weight excluding hydrogens is 498 g/mol. The highest BCUT2D eigenvalue weighted by Gasteiger charge is 2.36. The molecular formula is C29H45N5O5. The van der Waals surface area contributed by atoms with E-state index in [1.807, 2.05) is 4.90 Å². The van der Waals surface area contributed by atoms with Crippen molar-refractivity contribution in [3.8, 4) is 11.5 Å². The predicted octanol–water partition coefficient (Wildman–Crippen LogP) is 5.34. The van der Waals surface area contributed by atoms with Crippen LogP contribution < -0.4 is 15.5 Å². The molecule has 3 rings (SSSR count). The van der Waals surface area contributed by atoms with Crippen LogP contribution in [0.5, 0.6) is 0 Å². The van der Waals surface area contributed by atoms with Crippen molar-refractivity contribution >= 4 is 18.0 Å². The predicted molar refractivity (Wildman–Crippen MR) is 151 cm³/mol. The van der Waals surface area contributed by atoms with E-state index in [0.29, 0.717) is 42.7 Å². The molecule has 10 nitrogen and oxygen atoms in total. The average Bonchev–Trinajstić information content (AvgIpc) is 3.61. The maximum Gasteiger partial charge on any atom is 0.337 e. The molecule has 1 aromatic carbocycles. The average molecular weight is 544 g/mol. The molecule has 0 saturated carbocycles. The van der Waals surface area contributed by atoms with Crippen molar-refractivity contribution in [2.75, 3.05) is 38.8 Å². The Hall–Kier alpha value is -3.14. The number of rotatable bonds is 17. The molecule has 0 bridgehead atoms. The van der Waals surface area contributed by atoms with Gasteiger partial charge in [-0.05, 0) is 30.7 Å². The molecule has 1 aliphatic rings. The standard InChI is InChI=1S/C29H45N5O5/c1-4-5-6-7-8-9-10-11-12-13-14-19-30-28(36)31-24-20-34(21-25(24)37-2)29-33-32-26(39-29)22-15-17-23(18-16-22)27(35)38-3/h15-18,24-25H,4-14,19-21H2,1-3H3,(H2,30,31,36)/t24-,25-/m0/s1. The molecule has 2 N–H and O–H groups in total. The van der Waals surface area contributed by atoms with Crippen LogP contribution in [0, 0.1) is 0 Å². The van der Waals surface area contributed by atoms with Gasteiger partial charge >= 0.3 is 18.0 Å². The molecule has 0 unspecified atom stereocenters. The van der Waals surface area contributed by atoms with Gasteiger partial charge in [0.05, 0.1) is 31.4 Å². The van der Waals surface area contributed by atoms with Gasteiger partial charge in [0.25, 0.3) is 0 Å². The van der Waals surface area contributed by atoms with Crippen LogP contribution in [-0.4, -0.2) is 68.2 Å². The first-order valence-corrected chi connectivity index (χ1v) is 14.4. The molecule has 0 aliphatic carbocycles. The number of hydrogen-bond donors (Lipinski definition) is 2. The Bertz CT molecular complexity index is 996. The number of urea groups is 1. The Kier molecular flexibility index (Phi) is 13.1. The largest absolute Gasteiger partial charge is 0.465 e. The van der Waals surface area contributed by atoms with Gasteiger partial charge < -0.3 is 29.4 Å². The van der Waals surface area contributed by atoms with Crippen LogP contribution >= 0.6 is 0 Å². The number of benzene rings is 1. The molecule has 1 fully saturated rings. The number of methoxy groups -OCH3 is 2. The van der Waals surface area contributed by atoms with E-state index in [1.165, 1.54) is 64.9 Å². The lowest BCUT2D eigenvalue weighted by Crippen LogP contribution is -2.48. The summed E-state index contributed by atoms with van der Waals surface area (Å²) in [5.41, 5.74) is 1.14. The number of carbonyl (C=O) groups is 2. The second kappa shape index (κ2) is 16.7. The molecule has 216 valence electrons. The second-order valence-corrected chi connectivity index (χ2v) is 10.2. The lowest BCUT2D eigenvalue weighted by Gasteiger charge is -2.18. The molecule has 10 heteroatoms. The first kappa shape index (κ1) is 30.4. The van der Waals surface area contributed by atoms with E-state index in [2.05, 4.69) is 27.8 Å². The number of anilines is 1. The number of nitrogens with zero attached hydrogens (tertiary/aromatic N) is 3. The Labute approximate surface area is 232 Å². The summed E-state index contributed by atoms with van der Waals surface area (Å²) in [6, 6.07) is 6.73. The summed E-state index contributed by atoms with van der Waals surface area (Å²) in [7, 11) is 2.98. The zero-order valence-electron chi connectivity index (χ0n) is 23.7. The summed E-state index contributed by atoms with van der Waals surface area (Å²) in [6.45, 7) is 3.93. The molecule has 2 atom stereocenters. The van der Waals surface area contributed by atoms with Crippen LogP contribution in [-0.2, 0) is 9.47 Å². The fraction of sp³-hybridized carbons (Fsp3) is 0.655. The van der Waals surface area contributed by atoms with Crippen molar-refractivity contribution in [3.63, 3.8) is 0 Å². The maximum atomic E-state index is 12.5. The van der Waals surface area contributed by atoms with Crippen LogP contribution in [0.1, 0.15) is 87.9 Å². The molecule has 1 saturated heterocycles. The van der Waals surface area contributed by atoms with Crippen LogP contribution in [0.2, 0.25) is 0 Å². The van der Waals surface area contributed by atoms with Crippen LogP contribution in [0.3, 0.4) is 0 Å². The Morgan fingerprint density at radius 3 is 2.18 bits per heavy atom. The monoisotopic (exact) mass is 543 g/mol. The summed E-state index contributed by atoms with van der Waals surface area (Å²) in [5.74, 6) is -0.0617. The van der Waals surface area contributed by atoms with Crippen molar-refractivity contribution in [1.29, 1.82) is 0 Å². The third-order valence-electron chi connectivity index (χ3n) is 7.19. The summed E-state index contributed by atoms with van der Waals surface area (Å²) in [5, 5.41) is 14.3. The third kappa shape index (κ3) is 9.84. The number of carbonyl (C=O) groups excluding carboxylic acids is 2. The number of hydrogen-bond acceptors (Lipinski definition) is 8. The number of amides is 2. The summed E-state index contributed by atoms with van der Waals surface area (Å²) >= 11 is 0.